The summed E-state index contributed by atoms with van der Waals surface area (Å²) in [5.41, 5.74) is 1.77. The molecule has 8 heteroatoms. The minimum atomic E-state index is -3.56. The van der Waals surface area contributed by atoms with Gasteiger partial charge in [-0.15, -0.1) is 0 Å². The molecule has 2 aromatic rings. The summed E-state index contributed by atoms with van der Waals surface area (Å²) in [5, 5.41) is 7.27. The molecular formula is C17H20N4O3S. The molecule has 25 heavy (non-hydrogen) atoms. The highest BCUT2D eigenvalue weighted by Crippen LogP contribution is 2.33. The molecule has 1 fully saturated rings. The highest BCUT2D eigenvalue weighted by Gasteiger charge is 2.34. The van der Waals surface area contributed by atoms with Crippen molar-refractivity contribution in [3.8, 4) is 0 Å². The molecule has 1 aromatic heterocycles. The summed E-state index contributed by atoms with van der Waals surface area (Å²) in [4.78, 5) is 12.4. The second-order valence-electron chi connectivity index (χ2n) is 6.56. The number of rotatable bonds is 4. The van der Waals surface area contributed by atoms with Crippen LogP contribution in [0.2, 0.25) is 0 Å². The fourth-order valence-corrected chi connectivity index (χ4v) is 4.61. The molecule has 132 valence electrons. The van der Waals surface area contributed by atoms with Gasteiger partial charge in [-0.1, -0.05) is 18.2 Å². The molecule has 2 aliphatic rings. The lowest BCUT2D eigenvalue weighted by Gasteiger charge is -2.26. The summed E-state index contributed by atoms with van der Waals surface area (Å²) in [6.07, 6.45) is 2.40. The number of nitrogens with one attached hydrogen (secondary N) is 1. The van der Waals surface area contributed by atoms with Crippen LogP contribution in [-0.2, 0) is 34.8 Å². The number of carbonyl (C=O) groups excluding carboxylic acids is 1. The van der Waals surface area contributed by atoms with Crippen LogP contribution in [0, 0.1) is 5.92 Å². The van der Waals surface area contributed by atoms with Gasteiger partial charge in [-0.05, 0) is 25.0 Å². The van der Waals surface area contributed by atoms with Crippen LogP contribution in [0.3, 0.4) is 0 Å². The van der Waals surface area contributed by atoms with Gasteiger partial charge < -0.3 is 5.32 Å². The van der Waals surface area contributed by atoms with Crippen LogP contribution < -0.4 is 5.32 Å². The first kappa shape index (κ1) is 16.3. The molecule has 1 N–H and O–H groups in total. The normalized spacial score (nSPS) is 18.0. The molecule has 0 saturated heterocycles. The van der Waals surface area contributed by atoms with Crippen molar-refractivity contribution in [3.63, 3.8) is 0 Å². The van der Waals surface area contributed by atoms with Crippen molar-refractivity contribution in [1.29, 1.82) is 0 Å². The zero-order chi connectivity index (χ0) is 17.6. The Morgan fingerprint density at radius 1 is 1.24 bits per heavy atom. The average molecular weight is 360 g/mol. The van der Waals surface area contributed by atoms with E-state index >= 15 is 0 Å². The number of fused-ring (bicyclic) bond motifs is 1. The number of carbonyl (C=O) groups is 1. The van der Waals surface area contributed by atoms with Gasteiger partial charge in [-0.2, -0.15) is 9.40 Å². The molecule has 7 nitrogen and oxygen atoms in total. The Bertz CT molecular complexity index is 917. The van der Waals surface area contributed by atoms with Gasteiger partial charge in [0.1, 0.15) is 0 Å². The Balaban J connectivity index is 1.63. The lowest BCUT2D eigenvalue weighted by atomic mass is 10.1. The SMILES string of the molecule is Cn1nc(NC(=O)C2CC2)c2c1CCN(S(=O)(=O)c1ccccc1)C2. The van der Waals surface area contributed by atoms with E-state index in [0.29, 0.717) is 18.8 Å². The largest absolute Gasteiger partial charge is 0.309 e. The number of hydrogen-bond acceptors (Lipinski definition) is 4. The lowest BCUT2D eigenvalue weighted by Crippen LogP contribution is -2.36. The quantitative estimate of drug-likeness (QED) is 0.896. The third-order valence-corrected chi connectivity index (χ3v) is 6.64. The van der Waals surface area contributed by atoms with Crippen LogP contribution in [0.5, 0.6) is 0 Å². The van der Waals surface area contributed by atoms with Crippen molar-refractivity contribution < 1.29 is 13.2 Å². The molecule has 4 rings (SSSR count). The topological polar surface area (TPSA) is 84.3 Å². The number of nitrogens with zero attached hydrogens (tertiary/aromatic N) is 3. The van der Waals surface area contributed by atoms with Crippen LogP contribution in [-0.4, -0.2) is 35.0 Å². The van der Waals surface area contributed by atoms with Crippen molar-refractivity contribution in [2.45, 2.75) is 30.7 Å². The Kier molecular flexibility index (Phi) is 3.88. The predicted octanol–water partition coefficient (Wildman–Crippen LogP) is 1.52. The summed E-state index contributed by atoms with van der Waals surface area (Å²) in [5.74, 6) is 0.539. The third-order valence-electron chi connectivity index (χ3n) is 4.78. The average Bonchev–Trinajstić information content (AvgIpc) is 3.42. The van der Waals surface area contributed by atoms with E-state index in [1.54, 1.807) is 35.0 Å². The van der Waals surface area contributed by atoms with Crippen molar-refractivity contribution in [2.24, 2.45) is 13.0 Å². The zero-order valence-electron chi connectivity index (χ0n) is 14.0. The van der Waals surface area contributed by atoms with Crippen molar-refractivity contribution in [3.05, 3.63) is 41.6 Å². The number of hydrogen-bond donors (Lipinski definition) is 1. The van der Waals surface area contributed by atoms with Gasteiger partial charge in [-0.3, -0.25) is 9.48 Å². The number of amides is 1. The van der Waals surface area contributed by atoms with Crippen LogP contribution >= 0.6 is 0 Å². The molecular weight excluding hydrogens is 340 g/mol. The molecule has 0 atom stereocenters. The first-order chi connectivity index (χ1) is 12.0. The Labute approximate surface area is 146 Å². The van der Waals surface area contributed by atoms with Crippen molar-refractivity contribution in [2.75, 3.05) is 11.9 Å². The Morgan fingerprint density at radius 3 is 2.64 bits per heavy atom. The molecule has 1 amide bonds. The maximum Gasteiger partial charge on any atom is 0.243 e. The molecule has 2 heterocycles. The fraction of sp³-hybridized carbons (Fsp3) is 0.412. The van der Waals surface area contributed by atoms with Gasteiger partial charge in [0.25, 0.3) is 0 Å². The third kappa shape index (κ3) is 2.96. The molecule has 0 radical (unpaired) electrons. The van der Waals surface area contributed by atoms with Gasteiger partial charge >= 0.3 is 0 Å². The smallest absolute Gasteiger partial charge is 0.243 e. The van der Waals surface area contributed by atoms with Gasteiger partial charge in [0.15, 0.2) is 5.82 Å². The van der Waals surface area contributed by atoms with E-state index in [9.17, 15) is 13.2 Å². The Hall–Kier alpha value is -2.19. The monoisotopic (exact) mass is 360 g/mol. The predicted molar refractivity (Wildman–Crippen MR) is 92.3 cm³/mol. The van der Waals surface area contributed by atoms with E-state index in [1.807, 2.05) is 7.05 Å². The number of benzene rings is 1. The van der Waals surface area contributed by atoms with E-state index < -0.39 is 10.0 Å². The maximum atomic E-state index is 12.9. The van der Waals surface area contributed by atoms with Gasteiger partial charge in [-0.25, -0.2) is 8.42 Å². The number of sulfonamides is 1. The van der Waals surface area contributed by atoms with E-state index in [0.717, 1.165) is 24.1 Å². The summed E-state index contributed by atoms with van der Waals surface area (Å²) in [6.45, 7) is 0.625. The second kappa shape index (κ2) is 5.96. The molecule has 0 bridgehead atoms. The minimum Gasteiger partial charge on any atom is -0.309 e. The van der Waals surface area contributed by atoms with Crippen LogP contribution in [0.4, 0.5) is 5.82 Å². The van der Waals surface area contributed by atoms with Crippen LogP contribution in [0.25, 0.3) is 0 Å². The van der Waals surface area contributed by atoms with E-state index in [-0.39, 0.29) is 23.3 Å². The van der Waals surface area contributed by atoms with E-state index in [4.69, 9.17) is 0 Å². The van der Waals surface area contributed by atoms with Crippen LogP contribution in [0.1, 0.15) is 24.1 Å². The first-order valence-electron chi connectivity index (χ1n) is 8.37. The highest BCUT2D eigenvalue weighted by atomic mass is 32.2. The van der Waals surface area contributed by atoms with Gasteiger partial charge in [0, 0.05) is 43.7 Å². The first-order valence-corrected chi connectivity index (χ1v) is 9.81. The Morgan fingerprint density at radius 2 is 1.96 bits per heavy atom. The van der Waals surface area contributed by atoms with Crippen molar-refractivity contribution in [1.82, 2.24) is 14.1 Å². The minimum absolute atomic E-state index is 0.0241. The molecule has 0 unspecified atom stereocenters. The molecule has 1 aliphatic carbocycles. The highest BCUT2D eigenvalue weighted by molar-refractivity contribution is 7.89. The van der Waals surface area contributed by atoms with E-state index in [2.05, 4.69) is 10.4 Å². The summed E-state index contributed by atoms with van der Waals surface area (Å²) < 4.78 is 28.9. The molecule has 0 spiro atoms. The van der Waals surface area contributed by atoms with E-state index in [1.165, 1.54) is 4.31 Å². The van der Waals surface area contributed by atoms with Crippen molar-refractivity contribution >= 4 is 21.7 Å². The molecule has 1 aromatic carbocycles. The number of aromatic nitrogens is 2. The second-order valence-corrected chi connectivity index (χ2v) is 8.50. The summed E-state index contributed by atoms with van der Waals surface area (Å²) in [6, 6.07) is 8.43. The standard InChI is InChI=1S/C17H20N4O3S/c1-20-15-9-10-21(25(23,24)13-5-3-2-4-6-13)11-14(15)16(19-20)18-17(22)12-7-8-12/h2-6,12H,7-11H2,1H3,(H,18,19,22). The zero-order valence-corrected chi connectivity index (χ0v) is 14.8. The fourth-order valence-electron chi connectivity index (χ4n) is 3.18. The number of aryl methyl sites for hydroxylation is 1. The number of anilines is 1. The summed E-state index contributed by atoms with van der Waals surface area (Å²) >= 11 is 0. The maximum absolute atomic E-state index is 12.9. The van der Waals surface area contributed by atoms with Gasteiger partial charge in [0.2, 0.25) is 15.9 Å². The molecule has 1 saturated carbocycles. The lowest BCUT2D eigenvalue weighted by molar-refractivity contribution is -0.117. The van der Waals surface area contributed by atoms with Gasteiger partial charge in [0.05, 0.1) is 4.90 Å². The van der Waals surface area contributed by atoms with Crippen LogP contribution in [0.15, 0.2) is 35.2 Å². The molecule has 1 aliphatic heterocycles. The summed E-state index contributed by atoms with van der Waals surface area (Å²) in [7, 11) is -1.73.